The first-order valence-electron chi connectivity index (χ1n) is 7.23. The van der Waals surface area contributed by atoms with E-state index in [1.165, 1.54) is 17.5 Å². The summed E-state index contributed by atoms with van der Waals surface area (Å²) in [5.74, 6) is 0.534. The molecule has 1 atom stereocenters. The van der Waals surface area contributed by atoms with Crippen molar-refractivity contribution in [3.8, 4) is 5.75 Å². The minimum Gasteiger partial charge on any atom is -0.484 e. The van der Waals surface area contributed by atoms with Crippen molar-refractivity contribution in [2.24, 2.45) is 0 Å². The first-order valence-corrected chi connectivity index (χ1v) is 7.23. The van der Waals surface area contributed by atoms with Gasteiger partial charge < -0.3 is 15.2 Å². The Morgan fingerprint density at radius 2 is 2.15 bits per heavy atom. The van der Waals surface area contributed by atoms with Gasteiger partial charge in [0.2, 0.25) is 0 Å². The Labute approximate surface area is 120 Å². The fourth-order valence-corrected chi connectivity index (χ4v) is 2.40. The number of hydrogen-bond acceptors (Lipinski definition) is 3. The van der Waals surface area contributed by atoms with Gasteiger partial charge in [0.05, 0.1) is 12.1 Å². The summed E-state index contributed by atoms with van der Waals surface area (Å²) in [6.07, 6.45) is 4.11. The molecular weight excluding hydrogens is 254 g/mol. The lowest BCUT2D eigenvalue weighted by Gasteiger charge is -2.27. The van der Waals surface area contributed by atoms with Crippen LogP contribution in [0.2, 0.25) is 0 Å². The molecule has 2 rings (SSSR count). The van der Waals surface area contributed by atoms with Gasteiger partial charge in [-0.2, -0.15) is 0 Å². The van der Waals surface area contributed by atoms with E-state index in [1.807, 2.05) is 26.0 Å². The monoisotopic (exact) mass is 277 g/mol. The second-order valence-corrected chi connectivity index (χ2v) is 5.69. The summed E-state index contributed by atoms with van der Waals surface area (Å²) in [5.41, 5.74) is 2.15. The third-order valence-electron chi connectivity index (χ3n) is 4.01. The summed E-state index contributed by atoms with van der Waals surface area (Å²) in [6.45, 7) is 3.65. The van der Waals surface area contributed by atoms with E-state index in [-0.39, 0.29) is 19.1 Å². The zero-order valence-electron chi connectivity index (χ0n) is 12.2. The van der Waals surface area contributed by atoms with Crippen molar-refractivity contribution in [1.29, 1.82) is 0 Å². The molecule has 0 radical (unpaired) electrons. The van der Waals surface area contributed by atoms with Gasteiger partial charge in [-0.05, 0) is 55.9 Å². The Bertz CT molecular complexity index is 481. The van der Waals surface area contributed by atoms with Crippen LogP contribution in [0.4, 0.5) is 0 Å². The summed E-state index contributed by atoms with van der Waals surface area (Å²) in [7, 11) is 0. The number of ether oxygens (including phenoxy) is 1. The van der Waals surface area contributed by atoms with Crippen molar-refractivity contribution in [2.45, 2.75) is 45.1 Å². The Morgan fingerprint density at radius 1 is 1.40 bits per heavy atom. The second-order valence-electron chi connectivity index (χ2n) is 5.69. The molecule has 2 N–H and O–H groups in total. The summed E-state index contributed by atoms with van der Waals surface area (Å²) in [6, 6.07) is 6.03. The minimum atomic E-state index is -0.571. The van der Waals surface area contributed by atoms with Gasteiger partial charge in [0, 0.05) is 0 Å². The van der Waals surface area contributed by atoms with Crippen LogP contribution in [0.15, 0.2) is 18.2 Å². The SMILES string of the molecule is CCC(C)(CO)NC(=O)COc1ccc2c(c1)CCC2. The van der Waals surface area contributed by atoms with Crippen LogP contribution >= 0.6 is 0 Å². The van der Waals surface area contributed by atoms with Crippen molar-refractivity contribution in [3.63, 3.8) is 0 Å². The molecule has 4 heteroatoms. The number of carbonyl (C=O) groups excluding carboxylic acids is 1. The maximum absolute atomic E-state index is 11.8. The maximum Gasteiger partial charge on any atom is 0.258 e. The van der Waals surface area contributed by atoms with E-state index in [9.17, 15) is 9.90 Å². The van der Waals surface area contributed by atoms with Gasteiger partial charge in [-0.3, -0.25) is 4.79 Å². The highest BCUT2D eigenvalue weighted by Crippen LogP contribution is 2.25. The summed E-state index contributed by atoms with van der Waals surface area (Å²) < 4.78 is 5.53. The maximum atomic E-state index is 11.8. The standard InChI is InChI=1S/C16H23NO3/c1-3-16(2,11-18)17-15(19)10-20-14-8-7-12-5-4-6-13(12)9-14/h7-9,18H,3-6,10-11H2,1-2H3,(H,17,19). The summed E-state index contributed by atoms with van der Waals surface area (Å²) in [4.78, 5) is 11.8. The number of nitrogens with one attached hydrogen (secondary N) is 1. The number of aliphatic hydroxyl groups excluding tert-OH is 1. The van der Waals surface area contributed by atoms with Crippen LogP contribution in [0.1, 0.15) is 37.8 Å². The first kappa shape index (κ1) is 14.9. The molecule has 20 heavy (non-hydrogen) atoms. The number of carbonyl (C=O) groups is 1. The lowest BCUT2D eigenvalue weighted by molar-refractivity contribution is -0.125. The normalized spacial score (nSPS) is 16.4. The molecule has 0 spiro atoms. The highest BCUT2D eigenvalue weighted by molar-refractivity contribution is 5.78. The number of rotatable bonds is 6. The quantitative estimate of drug-likeness (QED) is 0.834. The van der Waals surface area contributed by atoms with Crippen molar-refractivity contribution in [2.75, 3.05) is 13.2 Å². The molecule has 0 aliphatic heterocycles. The predicted octanol–water partition coefficient (Wildman–Crippen LogP) is 1.83. The zero-order valence-corrected chi connectivity index (χ0v) is 12.2. The van der Waals surface area contributed by atoms with Gasteiger partial charge in [0.15, 0.2) is 6.61 Å². The molecule has 0 aromatic heterocycles. The molecule has 1 unspecified atom stereocenters. The summed E-state index contributed by atoms with van der Waals surface area (Å²) >= 11 is 0. The third-order valence-corrected chi connectivity index (χ3v) is 4.01. The van der Waals surface area contributed by atoms with Crippen LogP contribution in [0.5, 0.6) is 5.75 Å². The largest absolute Gasteiger partial charge is 0.484 e. The lowest BCUT2D eigenvalue weighted by atomic mass is 10.0. The number of hydrogen-bond donors (Lipinski definition) is 2. The Kier molecular flexibility index (Phi) is 4.65. The van der Waals surface area contributed by atoms with Gasteiger partial charge in [-0.25, -0.2) is 0 Å². The Morgan fingerprint density at radius 3 is 2.85 bits per heavy atom. The van der Waals surface area contributed by atoms with Crippen molar-refractivity contribution >= 4 is 5.91 Å². The average molecular weight is 277 g/mol. The molecule has 0 bridgehead atoms. The molecule has 0 saturated heterocycles. The zero-order chi connectivity index (χ0) is 14.6. The molecule has 4 nitrogen and oxygen atoms in total. The molecule has 1 aromatic rings. The van der Waals surface area contributed by atoms with Gasteiger partial charge in [-0.1, -0.05) is 13.0 Å². The van der Waals surface area contributed by atoms with Crippen LogP contribution in [-0.4, -0.2) is 29.8 Å². The van der Waals surface area contributed by atoms with Crippen LogP contribution in [0, 0.1) is 0 Å². The van der Waals surface area contributed by atoms with E-state index >= 15 is 0 Å². The number of benzene rings is 1. The fourth-order valence-electron chi connectivity index (χ4n) is 2.40. The van der Waals surface area contributed by atoms with Crippen molar-refractivity contribution in [1.82, 2.24) is 5.32 Å². The molecule has 110 valence electrons. The molecule has 1 aliphatic carbocycles. The fraction of sp³-hybridized carbons (Fsp3) is 0.562. The molecule has 0 fully saturated rings. The lowest BCUT2D eigenvalue weighted by Crippen LogP contribution is -2.49. The van der Waals surface area contributed by atoms with Crippen molar-refractivity contribution < 1.29 is 14.6 Å². The molecular formula is C16H23NO3. The van der Waals surface area contributed by atoms with E-state index in [1.54, 1.807) is 0 Å². The molecule has 0 saturated carbocycles. The summed E-state index contributed by atoms with van der Waals surface area (Å²) in [5, 5.41) is 12.1. The van der Waals surface area contributed by atoms with E-state index in [2.05, 4.69) is 11.4 Å². The molecule has 1 aliphatic rings. The number of aryl methyl sites for hydroxylation is 2. The molecule has 1 amide bonds. The second kappa shape index (κ2) is 6.27. The first-order chi connectivity index (χ1) is 9.56. The molecule has 1 aromatic carbocycles. The minimum absolute atomic E-state index is 0.0195. The van der Waals surface area contributed by atoms with E-state index in [0.717, 1.165) is 18.6 Å². The highest BCUT2D eigenvalue weighted by Gasteiger charge is 2.23. The number of fused-ring (bicyclic) bond motifs is 1. The van der Waals surface area contributed by atoms with Gasteiger partial charge in [-0.15, -0.1) is 0 Å². The van der Waals surface area contributed by atoms with E-state index in [4.69, 9.17) is 4.74 Å². The topological polar surface area (TPSA) is 58.6 Å². The third kappa shape index (κ3) is 3.51. The molecule has 0 heterocycles. The highest BCUT2D eigenvalue weighted by atomic mass is 16.5. The van der Waals surface area contributed by atoms with Gasteiger partial charge in [0.1, 0.15) is 5.75 Å². The smallest absolute Gasteiger partial charge is 0.258 e. The van der Waals surface area contributed by atoms with Gasteiger partial charge >= 0.3 is 0 Å². The van der Waals surface area contributed by atoms with Crippen LogP contribution in [0.25, 0.3) is 0 Å². The Hall–Kier alpha value is -1.55. The van der Waals surface area contributed by atoms with E-state index in [0.29, 0.717) is 6.42 Å². The average Bonchev–Trinajstić information content (AvgIpc) is 2.92. The van der Waals surface area contributed by atoms with Crippen LogP contribution in [0.3, 0.4) is 0 Å². The Balaban J connectivity index is 1.87. The van der Waals surface area contributed by atoms with Crippen LogP contribution < -0.4 is 10.1 Å². The van der Waals surface area contributed by atoms with Crippen LogP contribution in [-0.2, 0) is 17.6 Å². The van der Waals surface area contributed by atoms with Gasteiger partial charge in [0.25, 0.3) is 5.91 Å². The number of amides is 1. The predicted molar refractivity (Wildman–Crippen MR) is 77.9 cm³/mol. The van der Waals surface area contributed by atoms with Crippen molar-refractivity contribution in [3.05, 3.63) is 29.3 Å². The number of aliphatic hydroxyl groups is 1. The van der Waals surface area contributed by atoms with E-state index < -0.39 is 5.54 Å².